The van der Waals surface area contributed by atoms with E-state index in [1.165, 1.54) is 38.5 Å². The molecule has 0 bridgehead atoms. The number of carbonyl (C=O) groups is 1. The van der Waals surface area contributed by atoms with Crippen molar-refractivity contribution in [3.05, 3.63) is 0 Å². The van der Waals surface area contributed by atoms with Crippen LogP contribution in [-0.4, -0.2) is 25.0 Å². The molecule has 1 aliphatic carbocycles. The largest absolute Gasteiger partial charge is 0.355 e. The van der Waals surface area contributed by atoms with Gasteiger partial charge in [0.1, 0.15) is 0 Å². The Morgan fingerprint density at radius 1 is 1.11 bits per heavy atom. The van der Waals surface area contributed by atoms with Crippen molar-refractivity contribution in [2.45, 2.75) is 71.3 Å². The number of amides is 1. The fourth-order valence-electron chi connectivity index (χ4n) is 2.47. The number of rotatable bonds is 7. The highest BCUT2D eigenvalue weighted by Crippen LogP contribution is 2.16. The third-order valence-corrected chi connectivity index (χ3v) is 3.68. The molecule has 3 nitrogen and oxygen atoms in total. The van der Waals surface area contributed by atoms with Gasteiger partial charge in [-0.25, -0.2) is 0 Å². The van der Waals surface area contributed by atoms with Crippen molar-refractivity contribution >= 4 is 5.91 Å². The van der Waals surface area contributed by atoms with Gasteiger partial charge >= 0.3 is 0 Å². The second-order valence-corrected chi connectivity index (χ2v) is 5.93. The lowest BCUT2D eigenvalue weighted by Gasteiger charge is -2.16. The lowest BCUT2D eigenvalue weighted by Crippen LogP contribution is -2.36. The quantitative estimate of drug-likeness (QED) is 0.542. The van der Waals surface area contributed by atoms with Crippen molar-refractivity contribution in [2.24, 2.45) is 5.92 Å². The maximum Gasteiger partial charge on any atom is 0.220 e. The minimum atomic E-state index is 0.200. The van der Waals surface area contributed by atoms with Gasteiger partial charge in [-0.15, -0.1) is 0 Å². The molecule has 0 atom stereocenters. The summed E-state index contributed by atoms with van der Waals surface area (Å²) in [5.41, 5.74) is 0. The molecule has 1 amide bonds. The molecule has 0 aliphatic heterocycles. The van der Waals surface area contributed by atoms with E-state index in [2.05, 4.69) is 24.5 Å². The Labute approximate surface area is 112 Å². The van der Waals surface area contributed by atoms with Gasteiger partial charge in [0.2, 0.25) is 5.91 Å². The fourth-order valence-corrected chi connectivity index (χ4v) is 2.47. The maximum absolute atomic E-state index is 11.5. The van der Waals surface area contributed by atoms with Crippen molar-refractivity contribution in [2.75, 3.05) is 13.1 Å². The Bertz CT molecular complexity index is 221. The Morgan fingerprint density at radius 3 is 2.39 bits per heavy atom. The zero-order valence-corrected chi connectivity index (χ0v) is 12.1. The number of carbonyl (C=O) groups excluding carboxylic acids is 1. The van der Waals surface area contributed by atoms with Gasteiger partial charge in [0.25, 0.3) is 0 Å². The molecule has 0 aromatic heterocycles. The summed E-state index contributed by atoms with van der Waals surface area (Å²) >= 11 is 0. The van der Waals surface area contributed by atoms with Crippen LogP contribution in [0.3, 0.4) is 0 Å². The Balaban J connectivity index is 1.98. The smallest absolute Gasteiger partial charge is 0.220 e. The third-order valence-electron chi connectivity index (χ3n) is 3.68. The van der Waals surface area contributed by atoms with Crippen molar-refractivity contribution in [3.8, 4) is 0 Å². The molecule has 1 saturated carbocycles. The van der Waals surface area contributed by atoms with Gasteiger partial charge < -0.3 is 10.6 Å². The lowest BCUT2D eigenvalue weighted by atomic mass is 10.1. The molecule has 3 heteroatoms. The van der Waals surface area contributed by atoms with E-state index in [0.29, 0.717) is 18.4 Å². The van der Waals surface area contributed by atoms with E-state index in [1.807, 2.05) is 0 Å². The summed E-state index contributed by atoms with van der Waals surface area (Å²) < 4.78 is 0. The molecule has 2 N–H and O–H groups in total. The van der Waals surface area contributed by atoms with Crippen LogP contribution in [0.1, 0.15) is 65.2 Å². The Kier molecular flexibility index (Phi) is 8.06. The van der Waals surface area contributed by atoms with Gasteiger partial charge in [-0.1, -0.05) is 39.5 Å². The fraction of sp³-hybridized carbons (Fsp3) is 0.933. The van der Waals surface area contributed by atoms with Crippen LogP contribution in [0.4, 0.5) is 0 Å². The first-order valence-corrected chi connectivity index (χ1v) is 7.68. The summed E-state index contributed by atoms with van der Waals surface area (Å²) in [7, 11) is 0. The molecule has 0 saturated heterocycles. The standard InChI is InChI=1S/C15H30N2O/c1-13(2)9-10-15(18)17-12-11-16-14-7-5-3-4-6-8-14/h13-14,16H,3-12H2,1-2H3,(H,17,18). The molecule has 1 rings (SSSR count). The van der Waals surface area contributed by atoms with Crippen LogP contribution in [-0.2, 0) is 4.79 Å². The number of hydrogen-bond acceptors (Lipinski definition) is 2. The molecule has 0 spiro atoms. The van der Waals surface area contributed by atoms with Crippen molar-refractivity contribution in [3.63, 3.8) is 0 Å². The third kappa shape index (κ3) is 7.70. The van der Waals surface area contributed by atoms with E-state index in [0.717, 1.165) is 19.5 Å². The molecule has 0 aromatic carbocycles. The molecular weight excluding hydrogens is 224 g/mol. The first-order chi connectivity index (χ1) is 8.68. The summed E-state index contributed by atoms with van der Waals surface area (Å²) in [6.45, 7) is 5.99. The highest BCUT2D eigenvalue weighted by Gasteiger charge is 2.10. The van der Waals surface area contributed by atoms with Gasteiger partial charge in [0.05, 0.1) is 0 Å². The van der Waals surface area contributed by atoms with Gasteiger partial charge in [-0.2, -0.15) is 0 Å². The molecule has 1 aliphatic rings. The summed E-state index contributed by atoms with van der Waals surface area (Å²) in [4.78, 5) is 11.5. The van der Waals surface area contributed by atoms with Crippen molar-refractivity contribution < 1.29 is 4.79 Å². The van der Waals surface area contributed by atoms with Crippen LogP contribution in [0.25, 0.3) is 0 Å². The van der Waals surface area contributed by atoms with Crippen LogP contribution in [0.5, 0.6) is 0 Å². The van der Waals surface area contributed by atoms with Crippen molar-refractivity contribution in [1.29, 1.82) is 0 Å². The zero-order chi connectivity index (χ0) is 13.2. The van der Waals surface area contributed by atoms with E-state index in [-0.39, 0.29) is 5.91 Å². The maximum atomic E-state index is 11.5. The first kappa shape index (κ1) is 15.5. The molecule has 0 unspecified atom stereocenters. The highest BCUT2D eigenvalue weighted by molar-refractivity contribution is 5.75. The predicted molar refractivity (Wildman–Crippen MR) is 76.6 cm³/mol. The number of nitrogens with one attached hydrogen (secondary N) is 2. The molecule has 106 valence electrons. The normalized spacial score (nSPS) is 17.7. The Hall–Kier alpha value is -0.570. The minimum Gasteiger partial charge on any atom is -0.355 e. The second kappa shape index (κ2) is 9.37. The monoisotopic (exact) mass is 254 g/mol. The molecule has 0 heterocycles. The molecule has 18 heavy (non-hydrogen) atoms. The van der Waals surface area contributed by atoms with E-state index in [4.69, 9.17) is 0 Å². The molecule has 0 radical (unpaired) electrons. The van der Waals surface area contributed by atoms with Gasteiger partial charge in [-0.3, -0.25) is 4.79 Å². The Morgan fingerprint density at radius 2 is 1.78 bits per heavy atom. The van der Waals surface area contributed by atoms with Crippen LogP contribution >= 0.6 is 0 Å². The zero-order valence-electron chi connectivity index (χ0n) is 12.1. The highest BCUT2D eigenvalue weighted by atomic mass is 16.1. The minimum absolute atomic E-state index is 0.200. The summed E-state index contributed by atoms with van der Waals surface area (Å²) in [5, 5.41) is 6.56. The number of hydrogen-bond donors (Lipinski definition) is 2. The topological polar surface area (TPSA) is 41.1 Å². The van der Waals surface area contributed by atoms with Gasteiger partial charge in [0, 0.05) is 25.6 Å². The average Bonchev–Trinajstić information content (AvgIpc) is 2.60. The first-order valence-electron chi connectivity index (χ1n) is 7.68. The van der Waals surface area contributed by atoms with Gasteiger partial charge in [-0.05, 0) is 25.2 Å². The van der Waals surface area contributed by atoms with Crippen LogP contribution < -0.4 is 10.6 Å². The summed E-state index contributed by atoms with van der Waals surface area (Å²) in [6, 6.07) is 0.681. The average molecular weight is 254 g/mol. The predicted octanol–water partition coefficient (Wildman–Crippen LogP) is 2.85. The van der Waals surface area contributed by atoms with Crippen LogP contribution in [0.2, 0.25) is 0 Å². The van der Waals surface area contributed by atoms with E-state index < -0.39 is 0 Å². The summed E-state index contributed by atoms with van der Waals surface area (Å²) in [6.07, 6.45) is 9.77. The molecule has 1 fully saturated rings. The molecule has 0 aromatic rings. The van der Waals surface area contributed by atoms with E-state index in [9.17, 15) is 4.79 Å². The SMILES string of the molecule is CC(C)CCC(=O)NCCNC1CCCCCC1. The van der Waals surface area contributed by atoms with E-state index >= 15 is 0 Å². The lowest BCUT2D eigenvalue weighted by molar-refractivity contribution is -0.121. The van der Waals surface area contributed by atoms with Crippen LogP contribution in [0.15, 0.2) is 0 Å². The van der Waals surface area contributed by atoms with Gasteiger partial charge in [0.15, 0.2) is 0 Å². The summed E-state index contributed by atoms with van der Waals surface area (Å²) in [5.74, 6) is 0.811. The van der Waals surface area contributed by atoms with E-state index in [1.54, 1.807) is 0 Å². The second-order valence-electron chi connectivity index (χ2n) is 5.93. The van der Waals surface area contributed by atoms with Crippen LogP contribution in [0, 0.1) is 5.92 Å². The molecular formula is C15H30N2O. The van der Waals surface area contributed by atoms with Crippen molar-refractivity contribution in [1.82, 2.24) is 10.6 Å².